The molecule has 0 saturated carbocycles. The van der Waals surface area contributed by atoms with Gasteiger partial charge >= 0.3 is 5.97 Å². The van der Waals surface area contributed by atoms with Crippen molar-refractivity contribution in [1.82, 2.24) is 4.90 Å². The van der Waals surface area contributed by atoms with Gasteiger partial charge in [-0.1, -0.05) is 35.0 Å². The fourth-order valence-corrected chi connectivity index (χ4v) is 3.74. The quantitative estimate of drug-likeness (QED) is 0.129. The van der Waals surface area contributed by atoms with Crippen LogP contribution in [0.3, 0.4) is 0 Å². The Bertz CT molecular complexity index is 967. The number of rotatable bonds is 13. The Morgan fingerprint density at radius 3 is 2.49 bits per heavy atom. The maximum Gasteiger partial charge on any atom is 0.342 e. The van der Waals surface area contributed by atoms with Crippen LogP contribution in [0, 0.1) is 0 Å². The number of nitrogens with zero attached hydrogens (tertiary/aromatic N) is 2. The van der Waals surface area contributed by atoms with Crippen molar-refractivity contribution >= 4 is 29.2 Å². The van der Waals surface area contributed by atoms with Gasteiger partial charge in [0.15, 0.2) is 6.61 Å². The molecule has 0 aromatic heterocycles. The SMILES string of the molecule is C=CCC/C=C/C(Cc1c(Cl)c(O)cc(O)c1C(=O)OCCC=C)=N\OCC(=O)N1CCCCC1. The molecule has 1 amide bonds. The summed E-state index contributed by atoms with van der Waals surface area (Å²) in [6, 6.07) is 0.987. The molecule has 1 aromatic rings. The van der Waals surface area contributed by atoms with E-state index in [4.69, 9.17) is 21.2 Å². The Morgan fingerprint density at radius 1 is 1.09 bits per heavy atom. The first-order valence-electron chi connectivity index (χ1n) is 11.6. The Kier molecular flexibility index (Phi) is 11.9. The van der Waals surface area contributed by atoms with Crippen LogP contribution >= 0.6 is 11.6 Å². The van der Waals surface area contributed by atoms with E-state index in [1.807, 2.05) is 6.08 Å². The van der Waals surface area contributed by atoms with Crippen molar-refractivity contribution in [2.45, 2.75) is 44.9 Å². The lowest BCUT2D eigenvalue weighted by Crippen LogP contribution is -2.37. The van der Waals surface area contributed by atoms with Gasteiger partial charge in [0.1, 0.15) is 17.1 Å². The fraction of sp³-hybridized carbons (Fsp3) is 0.423. The summed E-state index contributed by atoms with van der Waals surface area (Å²) in [4.78, 5) is 32.2. The van der Waals surface area contributed by atoms with Gasteiger partial charge in [0, 0.05) is 25.6 Å². The molecule has 0 atom stereocenters. The number of phenolic OH excluding ortho intramolecular Hbond substituents is 2. The number of piperidine rings is 1. The number of likely N-dealkylation sites (tertiary alicyclic amines) is 1. The van der Waals surface area contributed by atoms with E-state index in [0.717, 1.165) is 31.7 Å². The molecule has 1 fully saturated rings. The van der Waals surface area contributed by atoms with Crippen LogP contribution in [0.1, 0.15) is 54.4 Å². The highest BCUT2D eigenvalue weighted by molar-refractivity contribution is 6.33. The minimum atomic E-state index is -0.794. The van der Waals surface area contributed by atoms with E-state index in [-0.39, 0.29) is 41.7 Å². The summed E-state index contributed by atoms with van der Waals surface area (Å²) in [6.07, 6.45) is 11.7. The molecule has 0 unspecified atom stereocenters. The van der Waals surface area contributed by atoms with Gasteiger partial charge in [0.25, 0.3) is 5.91 Å². The van der Waals surface area contributed by atoms with Gasteiger partial charge in [-0.25, -0.2) is 4.79 Å². The third-order valence-corrected chi connectivity index (χ3v) is 5.79. The van der Waals surface area contributed by atoms with Crippen LogP contribution < -0.4 is 0 Å². The summed E-state index contributed by atoms with van der Waals surface area (Å²) in [5, 5.41) is 24.5. The van der Waals surface area contributed by atoms with Crippen molar-refractivity contribution in [3.63, 3.8) is 0 Å². The number of esters is 1. The van der Waals surface area contributed by atoms with Gasteiger partial charge in [0.2, 0.25) is 0 Å². The number of carbonyl (C=O) groups is 2. The number of hydrogen-bond donors (Lipinski definition) is 2. The standard InChI is InChI=1S/C26H33ClN2O6/c1-3-5-7-9-12-19(28-35-18-23(32)29-13-10-8-11-14-29)16-20-24(26(33)34-15-6-4-2)21(30)17-22(31)25(20)27/h3-4,9,12,17,30-31H,1-2,5-8,10-11,13-16,18H2/b12-9+,28-19+. The normalized spacial score (nSPS) is 14.1. The number of allylic oxidation sites excluding steroid dienone is 3. The number of phenols is 2. The van der Waals surface area contributed by atoms with Crippen LogP contribution in [0.25, 0.3) is 0 Å². The first kappa shape index (κ1) is 28.0. The third kappa shape index (κ3) is 8.79. The van der Waals surface area contributed by atoms with E-state index < -0.39 is 17.5 Å². The van der Waals surface area contributed by atoms with Gasteiger partial charge < -0.3 is 24.7 Å². The van der Waals surface area contributed by atoms with Crippen molar-refractivity contribution in [3.05, 3.63) is 59.7 Å². The first-order chi connectivity index (χ1) is 16.9. The van der Waals surface area contributed by atoms with Crippen LogP contribution in [-0.4, -0.2) is 59.0 Å². The smallest absolute Gasteiger partial charge is 0.342 e. The number of benzene rings is 1. The molecule has 1 aliphatic heterocycles. The number of aromatic hydroxyl groups is 2. The maximum absolute atomic E-state index is 12.7. The van der Waals surface area contributed by atoms with E-state index in [2.05, 4.69) is 18.3 Å². The number of hydrogen-bond acceptors (Lipinski definition) is 7. The lowest BCUT2D eigenvalue weighted by molar-refractivity contribution is -0.137. The average Bonchev–Trinajstić information content (AvgIpc) is 2.85. The van der Waals surface area contributed by atoms with Gasteiger partial charge in [0.05, 0.1) is 17.3 Å². The fourth-order valence-electron chi connectivity index (χ4n) is 3.53. The molecular weight excluding hydrogens is 472 g/mol. The molecule has 8 nitrogen and oxygen atoms in total. The summed E-state index contributed by atoms with van der Waals surface area (Å²) < 4.78 is 5.20. The molecule has 0 radical (unpaired) electrons. The van der Waals surface area contributed by atoms with Gasteiger partial charge in [-0.15, -0.1) is 13.2 Å². The van der Waals surface area contributed by atoms with Crippen molar-refractivity contribution in [2.24, 2.45) is 5.16 Å². The molecule has 190 valence electrons. The predicted molar refractivity (Wildman–Crippen MR) is 136 cm³/mol. The maximum atomic E-state index is 12.7. The largest absolute Gasteiger partial charge is 0.507 e. The number of unbranched alkanes of at least 4 members (excludes halogenated alkanes) is 1. The minimum Gasteiger partial charge on any atom is -0.507 e. The van der Waals surface area contributed by atoms with Crippen LogP contribution in [0.5, 0.6) is 11.5 Å². The monoisotopic (exact) mass is 504 g/mol. The third-order valence-electron chi connectivity index (χ3n) is 5.36. The lowest BCUT2D eigenvalue weighted by Gasteiger charge is -2.26. The second-order valence-electron chi connectivity index (χ2n) is 8.04. The van der Waals surface area contributed by atoms with Crippen molar-refractivity contribution in [2.75, 3.05) is 26.3 Å². The molecule has 1 saturated heterocycles. The van der Waals surface area contributed by atoms with Gasteiger partial charge in [-0.2, -0.15) is 0 Å². The highest BCUT2D eigenvalue weighted by Crippen LogP contribution is 2.37. The summed E-state index contributed by atoms with van der Waals surface area (Å²) in [5.41, 5.74) is 0.298. The predicted octanol–water partition coefficient (Wildman–Crippen LogP) is 4.93. The first-order valence-corrected chi connectivity index (χ1v) is 12.0. The summed E-state index contributed by atoms with van der Waals surface area (Å²) in [7, 11) is 0. The Labute approximate surface area is 211 Å². The van der Waals surface area contributed by atoms with E-state index >= 15 is 0 Å². The van der Waals surface area contributed by atoms with Crippen LogP contribution in [-0.2, 0) is 20.8 Å². The molecule has 35 heavy (non-hydrogen) atoms. The van der Waals surface area contributed by atoms with Crippen molar-refractivity contribution in [1.29, 1.82) is 0 Å². The highest BCUT2D eigenvalue weighted by atomic mass is 35.5. The summed E-state index contributed by atoms with van der Waals surface area (Å²) >= 11 is 6.31. The zero-order chi connectivity index (χ0) is 25.6. The second-order valence-corrected chi connectivity index (χ2v) is 8.42. The van der Waals surface area contributed by atoms with E-state index in [9.17, 15) is 19.8 Å². The molecule has 1 heterocycles. The Morgan fingerprint density at radius 2 is 1.80 bits per heavy atom. The summed E-state index contributed by atoms with van der Waals surface area (Å²) in [6.45, 7) is 8.53. The molecule has 2 N–H and O–H groups in total. The molecule has 2 rings (SSSR count). The van der Waals surface area contributed by atoms with Crippen molar-refractivity contribution in [3.8, 4) is 11.5 Å². The number of oxime groups is 1. The van der Waals surface area contributed by atoms with Gasteiger partial charge in [-0.05, 0) is 50.2 Å². The van der Waals surface area contributed by atoms with E-state index in [1.54, 1.807) is 23.1 Å². The van der Waals surface area contributed by atoms with Crippen LogP contribution in [0.4, 0.5) is 0 Å². The minimum absolute atomic E-state index is 0.0603. The topological polar surface area (TPSA) is 109 Å². The van der Waals surface area contributed by atoms with E-state index in [0.29, 0.717) is 31.6 Å². The molecule has 1 aliphatic rings. The Hall–Kier alpha value is -3.26. The Balaban J connectivity index is 2.28. The zero-order valence-electron chi connectivity index (χ0n) is 19.9. The molecule has 0 aliphatic carbocycles. The molecule has 9 heteroatoms. The highest BCUT2D eigenvalue weighted by Gasteiger charge is 2.24. The zero-order valence-corrected chi connectivity index (χ0v) is 20.6. The number of amides is 1. The van der Waals surface area contributed by atoms with Gasteiger partial charge in [-0.3, -0.25) is 4.79 Å². The molecule has 0 spiro atoms. The molecule has 0 bridgehead atoms. The molecular formula is C26H33ClN2O6. The van der Waals surface area contributed by atoms with Crippen LogP contribution in [0.2, 0.25) is 5.02 Å². The second kappa shape index (κ2) is 14.9. The lowest BCUT2D eigenvalue weighted by atomic mass is 9.99. The van der Waals surface area contributed by atoms with Crippen molar-refractivity contribution < 1.29 is 29.4 Å². The number of ether oxygens (including phenoxy) is 1. The summed E-state index contributed by atoms with van der Waals surface area (Å²) in [5.74, 6) is -1.81. The number of halogens is 1. The number of carbonyl (C=O) groups excluding carboxylic acids is 2. The van der Waals surface area contributed by atoms with Crippen LogP contribution in [0.15, 0.2) is 48.7 Å². The average molecular weight is 505 g/mol. The molecule has 1 aromatic carbocycles. The van der Waals surface area contributed by atoms with E-state index in [1.165, 1.54) is 0 Å².